The van der Waals surface area contributed by atoms with Crippen molar-refractivity contribution in [1.29, 1.82) is 0 Å². The van der Waals surface area contributed by atoms with Gasteiger partial charge in [-0.25, -0.2) is 0 Å². The number of hydrogen-bond acceptors (Lipinski definition) is 4. The van der Waals surface area contributed by atoms with E-state index in [-0.39, 0.29) is 11.8 Å². The maximum Gasteiger partial charge on any atom is 0.227 e. The lowest BCUT2D eigenvalue weighted by Crippen LogP contribution is -2.38. The standard InChI is InChI=1S/C17H26N2O3/c1-21-11-12-22-10-9-19(14-15-5-3-2-4-6-15)17(20)16-7-8-18-13-16/h2-6,16,18H,7-14H2,1H3. The number of hydrogen-bond donors (Lipinski definition) is 1. The van der Waals surface area contributed by atoms with Gasteiger partial charge in [0, 0.05) is 26.7 Å². The van der Waals surface area contributed by atoms with E-state index in [1.54, 1.807) is 7.11 Å². The summed E-state index contributed by atoms with van der Waals surface area (Å²) in [6.07, 6.45) is 0.925. The van der Waals surface area contributed by atoms with Gasteiger partial charge < -0.3 is 19.7 Å². The third-order valence-electron chi connectivity index (χ3n) is 3.87. The quantitative estimate of drug-likeness (QED) is 0.699. The zero-order chi connectivity index (χ0) is 15.6. The van der Waals surface area contributed by atoms with E-state index in [0.29, 0.717) is 32.9 Å². The number of nitrogens with zero attached hydrogens (tertiary/aromatic N) is 1. The van der Waals surface area contributed by atoms with E-state index in [9.17, 15) is 4.79 Å². The van der Waals surface area contributed by atoms with Crippen LogP contribution in [0.5, 0.6) is 0 Å². The monoisotopic (exact) mass is 306 g/mol. The van der Waals surface area contributed by atoms with E-state index in [1.165, 1.54) is 0 Å². The predicted molar refractivity (Wildman–Crippen MR) is 85.5 cm³/mol. The normalized spacial score (nSPS) is 17.6. The summed E-state index contributed by atoms with van der Waals surface area (Å²) < 4.78 is 10.5. The Morgan fingerprint density at radius 1 is 1.27 bits per heavy atom. The highest BCUT2D eigenvalue weighted by Gasteiger charge is 2.27. The van der Waals surface area contributed by atoms with Gasteiger partial charge in [-0.2, -0.15) is 0 Å². The van der Waals surface area contributed by atoms with Crippen LogP contribution in [0.2, 0.25) is 0 Å². The topological polar surface area (TPSA) is 50.8 Å². The summed E-state index contributed by atoms with van der Waals surface area (Å²) in [5, 5.41) is 3.26. The molecular formula is C17H26N2O3. The fourth-order valence-corrected chi connectivity index (χ4v) is 2.61. The Morgan fingerprint density at radius 2 is 2.09 bits per heavy atom. The zero-order valence-corrected chi connectivity index (χ0v) is 13.3. The maximum atomic E-state index is 12.7. The van der Waals surface area contributed by atoms with Crippen LogP contribution in [0, 0.1) is 5.92 Å². The van der Waals surface area contributed by atoms with Crippen molar-refractivity contribution in [3.63, 3.8) is 0 Å². The zero-order valence-electron chi connectivity index (χ0n) is 13.3. The first kappa shape index (κ1) is 16.9. The lowest BCUT2D eigenvalue weighted by molar-refractivity contribution is -0.136. The molecule has 0 spiro atoms. The maximum absolute atomic E-state index is 12.7. The van der Waals surface area contributed by atoms with Crippen LogP contribution in [0.25, 0.3) is 0 Å². The molecule has 1 amide bonds. The summed E-state index contributed by atoms with van der Waals surface area (Å²) in [7, 11) is 1.65. The molecular weight excluding hydrogens is 280 g/mol. The molecule has 1 aliphatic heterocycles. The Labute approximate surface area is 132 Å². The molecule has 5 heteroatoms. The average Bonchev–Trinajstić information content (AvgIpc) is 3.08. The molecule has 0 saturated carbocycles. The molecule has 2 rings (SSSR count). The summed E-state index contributed by atoms with van der Waals surface area (Å²) in [5.74, 6) is 0.326. The van der Waals surface area contributed by atoms with Gasteiger partial charge in [-0.15, -0.1) is 0 Å². The molecule has 1 saturated heterocycles. The molecule has 0 aliphatic carbocycles. The summed E-state index contributed by atoms with van der Waals surface area (Å²) >= 11 is 0. The minimum Gasteiger partial charge on any atom is -0.382 e. The first-order chi connectivity index (χ1) is 10.8. The molecule has 22 heavy (non-hydrogen) atoms. The Kier molecular flexibility index (Phi) is 7.36. The van der Waals surface area contributed by atoms with Crippen LogP contribution in [-0.2, 0) is 20.8 Å². The van der Waals surface area contributed by atoms with Crippen molar-refractivity contribution in [3.05, 3.63) is 35.9 Å². The van der Waals surface area contributed by atoms with Crippen molar-refractivity contribution < 1.29 is 14.3 Å². The third-order valence-corrected chi connectivity index (χ3v) is 3.87. The van der Waals surface area contributed by atoms with E-state index in [0.717, 1.165) is 25.1 Å². The van der Waals surface area contributed by atoms with Crippen molar-refractivity contribution >= 4 is 5.91 Å². The van der Waals surface area contributed by atoms with E-state index >= 15 is 0 Å². The molecule has 0 bridgehead atoms. The van der Waals surface area contributed by atoms with E-state index < -0.39 is 0 Å². The Hall–Kier alpha value is -1.43. The molecule has 1 aliphatic rings. The minimum atomic E-state index is 0.0997. The van der Waals surface area contributed by atoms with Gasteiger partial charge >= 0.3 is 0 Å². The summed E-state index contributed by atoms with van der Waals surface area (Å²) in [5.41, 5.74) is 1.15. The van der Waals surface area contributed by atoms with E-state index in [2.05, 4.69) is 17.4 Å². The average molecular weight is 306 g/mol. The minimum absolute atomic E-state index is 0.0997. The molecule has 1 aromatic rings. The number of rotatable bonds is 9. The van der Waals surface area contributed by atoms with Crippen LogP contribution in [0.4, 0.5) is 0 Å². The number of amides is 1. The van der Waals surface area contributed by atoms with Crippen LogP contribution in [0.15, 0.2) is 30.3 Å². The van der Waals surface area contributed by atoms with Gasteiger partial charge in [-0.3, -0.25) is 4.79 Å². The van der Waals surface area contributed by atoms with Crippen LogP contribution < -0.4 is 5.32 Å². The number of nitrogens with one attached hydrogen (secondary N) is 1. The van der Waals surface area contributed by atoms with Gasteiger partial charge in [0.15, 0.2) is 0 Å². The number of carbonyl (C=O) groups excluding carboxylic acids is 1. The highest BCUT2D eigenvalue weighted by atomic mass is 16.5. The summed E-state index contributed by atoms with van der Waals surface area (Å²) in [6.45, 7) is 4.67. The molecule has 0 radical (unpaired) electrons. The van der Waals surface area contributed by atoms with Crippen LogP contribution in [0.3, 0.4) is 0 Å². The molecule has 1 heterocycles. The Morgan fingerprint density at radius 3 is 2.77 bits per heavy atom. The molecule has 0 aromatic heterocycles. The van der Waals surface area contributed by atoms with Gasteiger partial charge in [-0.05, 0) is 18.5 Å². The molecule has 1 fully saturated rings. The Bertz CT molecular complexity index is 433. The van der Waals surface area contributed by atoms with Gasteiger partial charge in [0.25, 0.3) is 0 Å². The number of carbonyl (C=O) groups is 1. The number of methoxy groups -OCH3 is 1. The molecule has 1 aromatic carbocycles. The van der Waals surface area contributed by atoms with Crippen molar-refractivity contribution in [2.45, 2.75) is 13.0 Å². The molecule has 1 atom stereocenters. The van der Waals surface area contributed by atoms with Gasteiger partial charge in [0.2, 0.25) is 5.91 Å². The first-order valence-electron chi connectivity index (χ1n) is 7.91. The summed E-state index contributed by atoms with van der Waals surface area (Å²) in [4.78, 5) is 14.6. The largest absolute Gasteiger partial charge is 0.382 e. The van der Waals surface area contributed by atoms with Crippen molar-refractivity contribution in [2.75, 3.05) is 46.6 Å². The van der Waals surface area contributed by atoms with E-state index in [1.807, 2.05) is 23.1 Å². The molecule has 5 nitrogen and oxygen atoms in total. The fourth-order valence-electron chi connectivity index (χ4n) is 2.61. The van der Waals surface area contributed by atoms with Crippen LogP contribution in [0.1, 0.15) is 12.0 Å². The fraction of sp³-hybridized carbons (Fsp3) is 0.588. The van der Waals surface area contributed by atoms with Crippen molar-refractivity contribution in [3.8, 4) is 0 Å². The number of ether oxygens (including phenoxy) is 2. The molecule has 1 unspecified atom stereocenters. The lowest BCUT2D eigenvalue weighted by atomic mass is 10.1. The second kappa shape index (κ2) is 9.56. The van der Waals surface area contributed by atoms with Gasteiger partial charge in [0.1, 0.15) is 0 Å². The summed E-state index contributed by atoms with van der Waals surface area (Å²) in [6, 6.07) is 10.1. The van der Waals surface area contributed by atoms with E-state index in [4.69, 9.17) is 9.47 Å². The highest BCUT2D eigenvalue weighted by molar-refractivity contribution is 5.79. The second-order valence-electron chi connectivity index (χ2n) is 5.54. The van der Waals surface area contributed by atoms with Gasteiger partial charge in [-0.1, -0.05) is 30.3 Å². The predicted octanol–water partition coefficient (Wildman–Crippen LogP) is 1.29. The third kappa shape index (κ3) is 5.40. The van der Waals surface area contributed by atoms with Crippen molar-refractivity contribution in [2.24, 2.45) is 5.92 Å². The highest BCUT2D eigenvalue weighted by Crippen LogP contribution is 2.14. The van der Waals surface area contributed by atoms with Crippen molar-refractivity contribution in [1.82, 2.24) is 10.2 Å². The SMILES string of the molecule is COCCOCCN(Cc1ccccc1)C(=O)C1CCNC1. The van der Waals surface area contributed by atoms with Crippen LogP contribution in [-0.4, -0.2) is 57.4 Å². The second-order valence-corrected chi connectivity index (χ2v) is 5.54. The lowest BCUT2D eigenvalue weighted by Gasteiger charge is -2.25. The molecule has 1 N–H and O–H groups in total. The number of benzene rings is 1. The first-order valence-corrected chi connectivity index (χ1v) is 7.91. The van der Waals surface area contributed by atoms with Gasteiger partial charge in [0.05, 0.1) is 25.7 Å². The van der Waals surface area contributed by atoms with Crippen LogP contribution >= 0.6 is 0 Å². The Balaban J connectivity index is 1.89. The smallest absolute Gasteiger partial charge is 0.227 e. The molecule has 122 valence electrons.